The average Bonchev–Trinajstić information content (AvgIpc) is 3.59. The van der Waals surface area contributed by atoms with Crippen molar-refractivity contribution in [1.82, 2.24) is 29.3 Å². The lowest BCUT2D eigenvalue weighted by molar-refractivity contribution is 0.0674. The fourth-order valence-electron chi connectivity index (χ4n) is 5.38. The summed E-state index contributed by atoms with van der Waals surface area (Å²) in [6.07, 6.45) is 4.92. The molecule has 0 aliphatic carbocycles. The van der Waals surface area contributed by atoms with E-state index in [0.717, 1.165) is 36.0 Å². The lowest BCUT2D eigenvalue weighted by Crippen LogP contribution is -2.22. The van der Waals surface area contributed by atoms with Crippen LogP contribution < -0.4 is 15.2 Å². The van der Waals surface area contributed by atoms with Gasteiger partial charge in [-0.05, 0) is 50.1 Å². The highest BCUT2D eigenvalue weighted by Crippen LogP contribution is 2.35. The van der Waals surface area contributed by atoms with E-state index in [0.29, 0.717) is 66.3 Å². The number of hydrogen-bond acceptors (Lipinski definition) is 9. The maximum atomic E-state index is 14.6. The Labute approximate surface area is 268 Å². The highest BCUT2D eigenvalue weighted by molar-refractivity contribution is 6.76. The molecule has 2 N–H and O–H groups in total. The summed E-state index contributed by atoms with van der Waals surface area (Å²) < 4.78 is 42.0. The number of anilines is 1. The Balaban J connectivity index is 1.14. The van der Waals surface area contributed by atoms with Crippen molar-refractivity contribution in [1.29, 1.82) is 0 Å². The first-order valence-corrected chi connectivity index (χ1v) is 19.2. The number of nitrogens with zero attached hydrogens (tertiary/aromatic N) is 6. The summed E-state index contributed by atoms with van der Waals surface area (Å²) in [5.74, 6) is 1.92. The van der Waals surface area contributed by atoms with E-state index < -0.39 is 13.9 Å². The molecule has 0 spiro atoms. The molecule has 1 fully saturated rings. The Hall–Kier alpha value is -4.33. The molecule has 3 aromatic heterocycles. The Morgan fingerprint density at radius 3 is 2.52 bits per heavy atom. The van der Waals surface area contributed by atoms with E-state index in [1.807, 2.05) is 40.4 Å². The molecule has 0 saturated carbocycles. The number of nitrogen functional groups attached to an aromatic ring is 1. The highest BCUT2D eigenvalue weighted by atomic mass is 28.3. The maximum absolute atomic E-state index is 14.6. The molecule has 1 aliphatic rings. The number of halogens is 1. The molecular formula is C33H40FN7O4Si. The minimum Gasteiger partial charge on any atom is -0.487 e. The second-order valence-electron chi connectivity index (χ2n) is 12.7. The van der Waals surface area contributed by atoms with E-state index in [-0.39, 0.29) is 12.6 Å². The summed E-state index contributed by atoms with van der Waals surface area (Å²) >= 11 is 0. The van der Waals surface area contributed by atoms with Crippen molar-refractivity contribution in [3.05, 3.63) is 72.3 Å². The van der Waals surface area contributed by atoms with Crippen molar-refractivity contribution in [3.63, 3.8) is 0 Å². The van der Waals surface area contributed by atoms with Crippen LogP contribution in [0.1, 0.15) is 30.4 Å². The molecule has 0 amide bonds. The van der Waals surface area contributed by atoms with Crippen LogP contribution in [0.15, 0.2) is 55.0 Å². The van der Waals surface area contributed by atoms with E-state index in [1.165, 1.54) is 18.5 Å². The van der Waals surface area contributed by atoms with Crippen molar-refractivity contribution in [2.45, 2.75) is 64.8 Å². The number of nitrogens with two attached hydrogens (primary N) is 1. The monoisotopic (exact) mass is 645 g/mol. The van der Waals surface area contributed by atoms with Crippen molar-refractivity contribution in [2.75, 3.05) is 25.6 Å². The molecule has 0 unspecified atom stereocenters. The minimum absolute atomic E-state index is 0.170. The van der Waals surface area contributed by atoms with Crippen LogP contribution in [0.4, 0.5) is 10.2 Å². The molecule has 13 heteroatoms. The van der Waals surface area contributed by atoms with Gasteiger partial charge in [-0.3, -0.25) is 0 Å². The van der Waals surface area contributed by atoms with E-state index in [9.17, 15) is 4.39 Å². The number of ether oxygens (including phenoxy) is 4. The lowest BCUT2D eigenvalue weighted by atomic mass is 10.1. The van der Waals surface area contributed by atoms with Crippen LogP contribution in [0, 0.1) is 12.7 Å². The van der Waals surface area contributed by atoms with Crippen molar-refractivity contribution < 1.29 is 23.3 Å². The van der Waals surface area contributed by atoms with Gasteiger partial charge in [-0.2, -0.15) is 5.10 Å². The minimum atomic E-state index is -1.18. The quantitative estimate of drug-likeness (QED) is 0.116. The second-order valence-corrected chi connectivity index (χ2v) is 18.3. The van der Waals surface area contributed by atoms with Gasteiger partial charge in [0.1, 0.15) is 60.1 Å². The van der Waals surface area contributed by atoms with Gasteiger partial charge in [-0.1, -0.05) is 19.6 Å². The molecule has 242 valence electrons. The van der Waals surface area contributed by atoms with E-state index in [2.05, 4.69) is 34.6 Å². The molecular weight excluding hydrogens is 605 g/mol. The molecule has 46 heavy (non-hydrogen) atoms. The zero-order chi connectivity index (χ0) is 32.3. The standard InChI is InChI=1S/C33H40FN7O4Si/c1-22-36-18-26(40(22)21-43-13-14-46(2,3)4)19-44-28-15-24(34)16-29(17-28)45-27-7-5-23(6-8-27)31-30-32(35)37-20-38-33(30)41(39-31)25-9-11-42-12-10-25/h5-8,15-18,20,25H,9-14,19,21H2,1-4H3,(H2,35,37,38). The molecule has 0 atom stereocenters. The van der Waals surface area contributed by atoms with Crippen molar-refractivity contribution in [2.24, 2.45) is 0 Å². The molecule has 1 saturated heterocycles. The number of benzene rings is 2. The summed E-state index contributed by atoms with van der Waals surface area (Å²) in [6.45, 7) is 11.6. The fraction of sp³-hybridized carbons (Fsp3) is 0.394. The summed E-state index contributed by atoms with van der Waals surface area (Å²) in [5, 5.41) is 5.64. The van der Waals surface area contributed by atoms with Gasteiger partial charge in [-0.15, -0.1) is 0 Å². The Bertz CT molecular complexity index is 1800. The molecule has 11 nitrogen and oxygen atoms in total. The normalized spacial score (nSPS) is 14.2. The van der Waals surface area contributed by atoms with Crippen LogP contribution >= 0.6 is 0 Å². The van der Waals surface area contributed by atoms with E-state index in [4.69, 9.17) is 29.8 Å². The van der Waals surface area contributed by atoms with Crippen LogP contribution in [0.2, 0.25) is 25.7 Å². The first-order valence-electron chi connectivity index (χ1n) is 15.5. The van der Waals surface area contributed by atoms with Gasteiger partial charge in [0.2, 0.25) is 0 Å². The number of aromatic nitrogens is 6. The van der Waals surface area contributed by atoms with Gasteiger partial charge in [-0.25, -0.2) is 24.0 Å². The smallest absolute Gasteiger partial charge is 0.164 e. The lowest BCUT2D eigenvalue weighted by Gasteiger charge is -2.22. The SMILES string of the molecule is Cc1ncc(COc2cc(F)cc(Oc3ccc(-c4nn(C5CCOCC5)c5ncnc(N)c45)cc3)c2)n1COCC[Si](C)(C)C. The first-order chi connectivity index (χ1) is 22.1. The molecule has 0 radical (unpaired) electrons. The van der Waals surface area contributed by atoms with Gasteiger partial charge >= 0.3 is 0 Å². The number of hydrogen-bond donors (Lipinski definition) is 1. The zero-order valence-corrected chi connectivity index (χ0v) is 27.7. The van der Waals surface area contributed by atoms with Crippen LogP contribution in [0.25, 0.3) is 22.3 Å². The van der Waals surface area contributed by atoms with E-state index >= 15 is 0 Å². The summed E-state index contributed by atoms with van der Waals surface area (Å²) in [7, 11) is -1.18. The molecule has 1 aliphatic heterocycles. The topological polar surface area (TPSA) is 124 Å². The summed E-state index contributed by atoms with van der Waals surface area (Å²) in [4.78, 5) is 13.1. The largest absolute Gasteiger partial charge is 0.487 e. The van der Waals surface area contributed by atoms with Crippen LogP contribution in [0.3, 0.4) is 0 Å². The first kappa shape index (κ1) is 31.6. The van der Waals surface area contributed by atoms with Crippen LogP contribution in [-0.4, -0.2) is 57.2 Å². The van der Waals surface area contributed by atoms with Gasteiger partial charge in [0, 0.05) is 51.7 Å². The third-order valence-electron chi connectivity index (χ3n) is 8.00. The number of imidazole rings is 1. The van der Waals surface area contributed by atoms with Crippen molar-refractivity contribution in [3.8, 4) is 28.5 Å². The number of rotatable bonds is 12. The van der Waals surface area contributed by atoms with E-state index in [1.54, 1.807) is 12.3 Å². The third kappa shape index (κ3) is 7.38. The number of fused-ring (bicyclic) bond motifs is 1. The molecule has 0 bridgehead atoms. The Morgan fingerprint density at radius 1 is 1.00 bits per heavy atom. The predicted molar refractivity (Wildman–Crippen MR) is 176 cm³/mol. The van der Waals surface area contributed by atoms with Crippen LogP contribution in [0.5, 0.6) is 17.2 Å². The van der Waals surface area contributed by atoms with Gasteiger partial charge in [0.15, 0.2) is 5.65 Å². The van der Waals surface area contributed by atoms with Gasteiger partial charge < -0.3 is 29.2 Å². The third-order valence-corrected chi connectivity index (χ3v) is 9.71. The Morgan fingerprint density at radius 2 is 1.76 bits per heavy atom. The summed E-state index contributed by atoms with van der Waals surface area (Å²) in [5.41, 5.74) is 9.38. The molecule has 6 rings (SSSR count). The molecule has 2 aromatic carbocycles. The molecule has 4 heterocycles. The summed E-state index contributed by atoms with van der Waals surface area (Å²) in [6, 6.07) is 13.0. The second kappa shape index (κ2) is 13.6. The fourth-order valence-corrected chi connectivity index (χ4v) is 6.13. The predicted octanol–water partition coefficient (Wildman–Crippen LogP) is 6.75. The maximum Gasteiger partial charge on any atom is 0.164 e. The Kier molecular flexibility index (Phi) is 9.33. The molecule has 5 aromatic rings. The van der Waals surface area contributed by atoms with Crippen LogP contribution in [-0.2, 0) is 22.8 Å². The number of aryl methyl sites for hydroxylation is 1. The van der Waals surface area contributed by atoms with Gasteiger partial charge in [0.25, 0.3) is 0 Å². The van der Waals surface area contributed by atoms with Gasteiger partial charge in [0.05, 0.1) is 23.3 Å². The van der Waals surface area contributed by atoms with Crippen molar-refractivity contribution >= 4 is 24.9 Å². The zero-order valence-electron chi connectivity index (χ0n) is 26.7. The highest BCUT2D eigenvalue weighted by Gasteiger charge is 2.24. The average molecular weight is 646 g/mol.